The number of carbonyl (C=O) groups excluding carboxylic acids is 2. The molecule has 1 unspecified atom stereocenters. The molecule has 0 spiro atoms. The molecule has 7 nitrogen and oxygen atoms in total. The number of nitrogens with zero attached hydrogens (tertiary/aromatic N) is 2. The molecule has 2 N–H and O–H groups in total. The molecule has 0 radical (unpaired) electrons. The van der Waals surface area contributed by atoms with Gasteiger partial charge in [0.05, 0.1) is 6.54 Å². The molecule has 27 heavy (non-hydrogen) atoms. The van der Waals surface area contributed by atoms with Crippen molar-refractivity contribution in [3.8, 4) is 0 Å². The highest BCUT2D eigenvalue weighted by molar-refractivity contribution is 5.86. The van der Waals surface area contributed by atoms with E-state index in [2.05, 4.69) is 10.7 Å². The molecule has 154 valence electrons. The lowest BCUT2D eigenvalue weighted by Gasteiger charge is -2.29. The number of ether oxygens (including phenoxy) is 1. The van der Waals surface area contributed by atoms with E-state index < -0.39 is 48.7 Å². The second-order valence-electron chi connectivity index (χ2n) is 7.61. The Bertz CT molecular complexity index is 618. The van der Waals surface area contributed by atoms with Crippen LogP contribution in [0.3, 0.4) is 0 Å². The molecular weight excluding hydrogens is 372 g/mol. The van der Waals surface area contributed by atoms with E-state index >= 15 is 0 Å². The van der Waals surface area contributed by atoms with Gasteiger partial charge < -0.3 is 15.1 Å². The summed E-state index contributed by atoms with van der Waals surface area (Å²) in [6.45, 7) is 4.91. The van der Waals surface area contributed by atoms with Crippen LogP contribution in [0.1, 0.15) is 34.1 Å². The molecule has 3 atom stereocenters. The van der Waals surface area contributed by atoms with Gasteiger partial charge in [-0.05, 0) is 33.8 Å². The number of amides is 2. The average Bonchev–Trinajstić information content (AvgIpc) is 2.99. The zero-order valence-corrected chi connectivity index (χ0v) is 15.6. The van der Waals surface area contributed by atoms with Crippen LogP contribution in [0.15, 0.2) is 11.8 Å². The molecule has 0 saturated carbocycles. The third-order valence-electron chi connectivity index (χ3n) is 3.94. The van der Waals surface area contributed by atoms with Gasteiger partial charge in [-0.1, -0.05) is 0 Å². The van der Waals surface area contributed by atoms with E-state index in [1.807, 2.05) is 0 Å². The van der Waals surface area contributed by atoms with Gasteiger partial charge in [-0.15, -0.1) is 0 Å². The third kappa shape index (κ3) is 5.98. The molecule has 2 heterocycles. The molecule has 0 aromatic heterocycles. The normalized spacial score (nSPS) is 26.2. The Hall–Kier alpha value is -2.04. The van der Waals surface area contributed by atoms with Crippen LogP contribution in [0.5, 0.6) is 0 Å². The van der Waals surface area contributed by atoms with Crippen molar-refractivity contribution in [1.82, 2.24) is 20.7 Å². The van der Waals surface area contributed by atoms with Crippen molar-refractivity contribution in [2.75, 3.05) is 13.1 Å². The lowest BCUT2D eigenvalue weighted by Crippen LogP contribution is -2.54. The van der Waals surface area contributed by atoms with Crippen molar-refractivity contribution in [1.29, 1.82) is 0 Å². The summed E-state index contributed by atoms with van der Waals surface area (Å²) in [5.74, 6) is -0.670. The number of nitrogens with one attached hydrogen (secondary N) is 2. The van der Waals surface area contributed by atoms with Crippen molar-refractivity contribution in [3.05, 3.63) is 11.8 Å². The van der Waals surface area contributed by atoms with Gasteiger partial charge in [-0.3, -0.25) is 9.69 Å². The lowest BCUT2D eigenvalue weighted by atomic mass is 10.2. The van der Waals surface area contributed by atoms with Gasteiger partial charge in [0.1, 0.15) is 30.5 Å². The molecule has 0 aromatic carbocycles. The van der Waals surface area contributed by atoms with Crippen molar-refractivity contribution in [3.63, 3.8) is 0 Å². The van der Waals surface area contributed by atoms with Crippen LogP contribution in [0.4, 0.5) is 22.4 Å². The first-order chi connectivity index (χ1) is 12.2. The predicted octanol–water partition coefficient (Wildman–Crippen LogP) is 2.06. The summed E-state index contributed by atoms with van der Waals surface area (Å²) in [4.78, 5) is 25.7. The van der Waals surface area contributed by atoms with Crippen molar-refractivity contribution in [2.24, 2.45) is 0 Å². The highest BCUT2D eigenvalue weighted by Gasteiger charge is 2.42. The van der Waals surface area contributed by atoms with Gasteiger partial charge >= 0.3 is 12.3 Å². The number of allylic oxidation sites excluding steroid dienone is 1. The number of halogens is 4. The minimum Gasteiger partial charge on any atom is -0.444 e. The molecule has 1 fully saturated rings. The molecule has 2 aliphatic heterocycles. The summed E-state index contributed by atoms with van der Waals surface area (Å²) in [7, 11) is 0. The zero-order valence-electron chi connectivity index (χ0n) is 15.6. The maximum absolute atomic E-state index is 13.8. The molecule has 2 rings (SSSR count). The zero-order chi connectivity index (χ0) is 20.6. The van der Waals surface area contributed by atoms with Crippen LogP contribution < -0.4 is 10.7 Å². The number of rotatable bonds is 3. The van der Waals surface area contributed by atoms with Crippen LogP contribution in [0.25, 0.3) is 0 Å². The number of carbonyl (C=O) groups is 2. The molecular formula is C16H24F4N4O3. The molecule has 0 aliphatic carbocycles. The Kier molecular flexibility index (Phi) is 5.93. The SMILES string of the molecule is CC1=CC(NC(=O)[C@@H]2C[C@@H](F)CN2C(=O)OC(C)(C)C)NN1CC(F)(F)F. The van der Waals surface area contributed by atoms with Crippen molar-refractivity contribution < 1.29 is 31.9 Å². The number of likely N-dealkylation sites (tertiary alicyclic amines) is 1. The molecule has 11 heteroatoms. The maximum Gasteiger partial charge on any atom is 0.411 e. The molecule has 0 aromatic rings. The summed E-state index contributed by atoms with van der Waals surface area (Å²) >= 11 is 0. The minimum atomic E-state index is -4.42. The van der Waals surface area contributed by atoms with Gasteiger partial charge in [0.25, 0.3) is 0 Å². The summed E-state index contributed by atoms with van der Waals surface area (Å²) in [6, 6.07) is -1.10. The fraction of sp³-hybridized carbons (Fsp3) is 0.750. The largest absolute Gasteiger partial charge is 0.444 e. The Morgan fingerprint density at radius 3 is 2.52 bits per heavy atom. The van der Waals surface area contributed by atoms with E-state index in [0.29, 0.717) is 0 Å². The Balaban J connectivity index is 1.99. The quantitative estimate of drug-likeness (QED) is 0.715. The smallest absolute Gasteiger partial charge is 0.411 e. The molecule has 0 bridgehead atoms. The number of hydrogen-bond donors (Lipinski definition) is 2. The highest BCUT2D eigenvalue weighted by Crippen LogP contribution is 2.24. The first-order valence-electron chi connectivity index (χ1n) is 8.48. The van der Waals surface area contributed by atoms with Crippen LogP contribution in [-0.2, 0) is 9.53 Å². The van der Waals surface area contributed by atoms with E-state index in [0.717, 1.165) is 9.91 Å². The topological polar surface area (TPSA) is 73.9 Å². The third-order valence-corrected chi connectivity index (χ3v) is 3.94. The van der Waals surface area contributed by atoms with Gasteiger partial charge in [0.15, 0.2) is 0 Å². The van der Waals surface area contributed by atoms with E-state index in [1.165, 1.54) is 13.0 Å². The van der Waals surface area contributed by atoms with E-state index in [-0.39, 0.29) is 18.7 Å². The van der Waals surface area contributed by atoms with Gasteiger partial charge in [0.2, 0.25) is 5.91 Å². The predicted molar refractivity (Wildman–Crippen MR) is 87.8 cm³/mol. The molecule has 2 aliphatic rings. The van der Waals surface area contributed by atoms with Crippen molar-refractivity contribution >= 4 is 12.0 Å². The fourth-order valence-corrected chi connectivity index (χ4v) is 2.87. The summed E-state index contributed by atoms with van der Waals surface area (Å²) in [5.41, 5.74) is 1.99. The van der Waals surface area contributed by atoms with Gasteiger partial charge in [-0.2, -0.15) is 13.2 Å². The average molecular weight is 396 g/mol. The first-order valence-corrected chi connectivity index (χ1v) is 8.48. The fourth-order valence-electron chi connectivity index (χ4n) is 2.87. The number of hydrogen-bond acceptors (Lipinski definition) is 5. The Morgan fingerprint density at radius 1 is 1.33 bits per heavy atom. The molecule has 1 saturated heterocycles. The van der Waals surface area contributed by atoms with Crippen LogP contribution in [0.2, 0.25) is 0 Å². The van der Waals surface area contributed by atoms with E-state index in [4.69, 9.17) is 4.74 Å². The van der Waals surface area contributed by atoms with Crippen LogP contribution >= 0.6 is 0 Å². The van der Waals surface area contributed by atoms with E-state index in [9.17, 15) is 27.2 Å². The number of alkyl halides is 4. The first kappa shape index (κ1) is 21.3. The van der Waals surface area contributed by atoms with Gasteiger partial charge in [-0.25, -0.2) is 14.6 Å². The van der Waals surface area contributed by atoms with E-state index in [1.54, 1.807) is 20.8 Å². The summed E-state index contributed by atoms with van der Waals surface area (Å²) in [5, 5.41) is 3.35. The monoisotopic (exact) mass is 396 g/mol. The second-order valence-corrected chi connectivity index (χ2v) is 7.61. The Labute approximate surface area is 154 Å². The lowest BCUT2D eigenvalue weighted by molar-refractivity contribution is -0.147. The minimum absolute atomic E-state index is 0.202. The van der Waals surface area contributed by atoms with Crippen LogP contribution in [-0.4, -0.2) is 65.2 Å². The second kappa shape index (κ2) is 7.53. The maximum atomic E-state index is 13.8. The van der Waals surface area contributed by atoms with Crippen LogP contribution in [0, 0.1) is 0 Å². The summed E-state index contributed by atoms with van der Waals surface area (Å²) in [6.07, 6.45) is -6.30. The standard InChI is InChI=1S/C16H24F4N4O3/c1-9-5-12(22-24(9)8-16(18,19)20)21-13(25)11-6-10(17)7-23(11)14(26)27-15(2,3)4/h5,10-12,22H,6-8H2,1-4H3,(H,21,25)/t10-,11+,12?/m1/s1. The van der Waals surface area contributed by atoms with Gasteiger partial charge in [0, 0.05) is 12.1 Å². The highest BCUT2D eigenvalue weighted by atomic mass is 19.4. The number of hydrazine groups is 1. The van der Waals surface area contributed by atoms with Crippen molar-refractivity contribution in [2.45, 2.75) is 64.3 Å². The summed E-state index contributed by atoms with van der Waals surface area (Å²) < 4.78 is 56.6. The molecule has 2 amide bonds. The Morgan fingerprint density at radius 2 is 1.96 bits per heavy atom.